The minimum atomic E-state index is -0.213. The van der Waals surface area contributed by atoms with Gasteiger partial charge in [0.15, 0.2) is 0 Å². The number of para-hydroxylation sites is 2. The molecule has 28 heavy (non-hydrogen) atoms. The van der Waals surface area contributed by atoms with Crippen molar-refractivity contribution in [3.63, 3.8) is 0 Å². The molecule has 0 saturated carbocycles. The van der Waals surface area contributed by atoms with Crippen LogP contribution in [0.3, 0.4) is 0 Å². The van der Waals surface area contributed by atoms with Gasteiger partial charge in [-0.2, -0.15) is 0 Å². The number of aromatic amines is 1. The van der Waals surface area contributed by atoms with E-state index in [-0.39, 0.29) is 18.1 Å². The summed E-state index contributed by atoms with van der Waals surface area (Å²) >= 11 is 0. The van der Waals surface area contributed by atoms with E-state index < -0.39 is 0 Å². The standard InChI is InChI=1S/C22H26N4O2/c1-5-26(13-19-23-18-12-7-6-10-17(18)21(27)24-19)22(28)25-20-15(4)9-8-11-16(20)14(2)3/h6-12,14H,5,13H2,1-4H3,(H,25,28)(H,23,24,27). The van der Waals surface area contributed by atoms with E-state index in [2.05, 4.69) is 29.1 Å². The predicted octanol–water partition coefficient (Wildman–Crippen LogP) is 4.41. The first-order valence-electron chi connectivity index (χ1n) is 9.54. The van der Waals surface area contributed by atoms with Crippen LogP contribution >= 0.6 is 0 Å². The number of benzene rings is 2. The van der Waals surface area contributed by atoms with Crippen molar-refractivity contribution < 1.29 is 4.79 Å². The molecule has 3 rings (SSSR count). The number of rotatable bonds is 5. The number of hydrogen-bond acceptors (Lipinski definition) is 3. The lowest BCUT2D eigenvalue weighted by Crippen LogP contribution is -2.35. The number of carbonyl (C=O) groups is 1. The average molecular weight is 378 g/mol. The number of anilines is 1. The molecule has 0 aliphatic heterocycles. The number of aryl methyl sites for hydroxylation is 1. The Morgan fingerprint density at radius 3 is 2.64 bits per heavy atom. The van der Waals surface area contributed by atoms with Crippen LogP contribution in [0.4, 0.5) is 10.5 Å². The maximum atomic E-state index is 12.9. The highest BCUT2D eigenvalue weighted by molar-refractivity contribution is 5.91. The fourth-order valence-corrected chi connectivity index (χ4v) is 3.25. The Kier molecular flexibility index (Phi) is 5.78. The predicted molar refractivity (Wildman–Crippen MR) is 113 cm³/mol. The molecule has 1 heterocycles. The van der Waals surface area contributed by atoms with Gasteiger partial charge in [0.2, 0.25) is 0 Å². The number of hydrogen-bond donors (Lipinski definition) is 2. The molecule has 3 aromatic rings. The maximum Gasteiger partial charge on any atom is 0.322 e. The third-order valence-corrected chi connectivity index (χ3v) is 4.83. The normalized spacial score (nSPS) is 11.0. The quantitative estimate of drug-likeness (QED) is 0.690. The van der Waals surface area contributed by atoms with Crippen LogP contribution in [0.15, 0.2) is 47.3 Å². The van der Waals surface area contributed by atoms with Crippen LogP contribution in [0.1, 0.15) is 43.6 Å². The molecule has 0 unspecified atom stereocenters. The highest BCUT2D eigenvalue weighted by Crippen LogP contribution is 2.27. The van der Waals surface area contributed by atoms with Crippen LogP contribution in [-0.2, 0) is 6.54 Å². The van der Waals surface area contributed by atoms with Crippen molar-refractivity contribution in [2.75, 3.05) is 11.9 Å². The molecular formula is C22H26N4O2. The van der Waals surface area contributed by atoms with Crippen LogP contribution in [0.25, 0.3) is 10.9 Å². The molecule has 1 aromatic heterocycles. The topological polar surface area (TPSA) is 78.1 Å². The van der Waals surface area contributed by atoms with Crippen molar-refractivity contribution in [1.29, 1.82) is 0 Å². The van der Waals surface area contributed by atoms with E-state index in [1.807, 2.05) is 38.1 Å². The Hall–Kier alpha value is -3.15. The van der Waals surface area contributed by atoms with Crippen LogP contribution in [0.5, 0.6) is 0 Å². The second-order valence-electron chi connectivity index (χ2n) is 7.17. The van der Waals surface area contributed by atoms with Crippen molar-refractivity contribution in [1.82, 2.24) is 14.9 Å². The van der Waals surface area contributed by atoms with Gasteiger partial charge >= 0.3 is 6.03 Å². The second kappa shape index (κ2) is 8.25. The van der Waals surface area contributed by atoms with E-state index in [1.54, 1.807) is 23.1 Å². The van der Waals surface area contributed by atoms with Crippen LogP contribution in [0, 0.1) is 6.92 Å². The van der Waals surface area contributed by atoms with Gasteiger partial charge in [0, 0.05) is 12.2 Å². The van der Waals surface area contributed by atoms with Gasteiger partial charge in [-0.3, -0.25) is 4.79 Å². The molecule has 0 aliphatic carbocycles. The van der Waals surface area contributed by atoms with Gasteiger partial charge in [-0.05, 0) is 43.0 Å². The van der Waals surface area contributed by atoms with E-state index in [4.69, 9.17) is 0 Å². The zero-order valence-electron chi connectivity index (χ0n) is 16.7. The molecular weight excluding hydrogens is 352 g/mol. The van der Waals surface area contributed by atoms with Crippen molar-refractivity contribution in [2.24, 2.45) is 0 Å². The Morgan fingerprint density at radius 1 is 1.18 bits per heavy atom. The number of H-pyrrole nitrogens is 1. The minimum Gasteiger partial charge on any atom is -0.317 e. The van der Waals surface area contributed by atoms with E-state index in [0.29, 0.717) is 29.2 Å². The number of urea groups is 1. The van der Waals surface area contributed by atoms with Gasteiger partial charge in [0.05, 0.1) is 17.4 Å². The summed E-state index contributed by atoms with van der Waals surface area (Å²) in [6.45, 7) is 8.81. The molecule has 146 valence electrons. The molecule has 6 heteroatoms. The largest absolute Gasteiger partial charge is 0.322 e. The van der Waals surface area contributed by atoms with Crippen molar-refractivity contribution in [3.8, 4) is 0 Å². The van der Waals surface area contributed by atoms with Gasteiger partial charge in [-0.25, -0.2) is 9.78 Å². The lowest BCUT2D eigenvalue weighted by atomic mass is 9.98. The Balaban J connectivity index is 1.85. The molecule has 6 nitrogen and oxygen atoms in total. The molecule has 2 amide bonds. The fourth-order valence-electron chi connectivity index (χ4n) is 3.25. The summed E-state index contributed by atoms with van der Waals surface area (Å²) in [6, 6.07) is 13.0. The van der Waals surface area contributed by atoms with Crippen molar-refractivity contribution in [2.45, 2.75) is 40.2 Å². The number of fused-ring (bicyclic) bond motifs is 1. The van der Waals surface area contributed by atoms with Gasteiger partial charge in [-0.1, -0.05) is 44.2 Å². The summed E-state index contributed by atoms with van der Waals surface area (Å²) < 4.78 is 0. The first-order chi connectivity index (χ1) is 13.4. The molecule has 0 saturated heterocycles. The fraction of sp³-hybridized carbons (Fsp3) is 0.318. The molecule has 2 N–H and O–H groups in total. The second-order valence-corrected chi connectivity index (χ2v) is 7.17. The summed E-state index contributed by atoms with van der Waals surface area (Å²) in [4.78, 5) is 34.1. The lowest BCUT2D eigenvalue weighted by Gasteiger charge is -2.23. The highest BCUT2D eigenvalue weighted by Gasteiger charge is 2.17. The van der Waals surface area contributed by atoms with E-state index in [1.165, 1.54) is 0 Å². The molecule has 0 radical (unpaired) electrons. The van der Waals surface area contributed by atoms with Crippen LogP contribution < -0.4 is 10.9 Å². The first-order valence-corrected chi connectivity index (χ1v) is 9.54. The van der Waals surface area contributed by atoms with E-state index in [0.717, 1.165) is 16.8 Å². The maximum absolute atomic E-state index is 12.9. The summed E-state index contributed by atoms with van der Waals surface area (Å²) in [5, 5.41) is 3.59. The Labute approximate surface area is 164 Å². The molecule has 0 bridgehead atoms. The SMILES string of the molecule is CCN(Cc1nc2ccccc2c(=O)[nH]1)C(=O)Nc1c(C)cccc1C(C)C. The number of nitrogens with zero attached hydrogens (tertiary/aromatic N) is 2. The van der Waals surface area contributed by atoms with Gasteiger partial charge < -0.3 is 15.2 Å². The lowest BCUT2D eigenvalue weighted by molar-refractivity contribution is 0.210. The molecule has 2 aromatic carbocycles. The number of nitrogens with one attached hydrogen (secondary N) is 2. The molecule has 0 atom stereocenters. The average Bonchev–Trinajstić information content (AvgIpc) is 2.67. The number of carbonyl (C=O) groups excluding carboxylic acids is 1. The first kappa shape index (κ1) is 19.6. The van der Waals surface area contributed by atoms with Crippen LogP contribution in [-0.4, -0.2) is 27.4 Å². The summed E-state index contributed by atoms with van der Waals surface area (Å²) in [5.41, 5.74) is 3.40. The zero-order chi connectivity index (χ0) is 20.3. The third-order valence-electron chi connectivity index (χ3n) is 4.83. The molecule has 0 spiro atoms. The number of aromatic nitrogens is 2. The minimum absolute atomic E-state index is 0.196. The third kappa shape index (κ3) is 4.06. The van der Waals surface area contributed by atoms with Gasteiger partial charge in [-0.15, -0.1) is 0 Å². The van der Waals surface area contributed by atoms with Crippen molar-refractivity contribution in [3.05, 3.63) is 69.8 Å². The van der Waals surface area contributed by atoms with Crippen molar-refractivity contribution >= 4 is 22.6 Å². The zero-order valence-corrected chi connectivity index (χ0v) is 16.7. The molecule has 0 fully saturated rings. The highest BCUT2D eigenvalue weighted by atomic mass is 16.2. The van der Waals surface area contributed by atoms with Crippen LogP contribution in [0.2, 0.25) is 0 Å². The summed E-state index contributed by atoms with van der Waals surface area (Å²) in [7, 11) is 0. The van der Waals surface area contributed by atoms with Gasteiger partial charge in [0.25, 0.3) is 5.56 Å². The van der Waals surface area contributed by atoms with E-state index in [9.17, 15) is 9.59 Å². The molecule has 0 aliphatic rings. The smallest absolute Gasteiger partial charge is 0.317 e. The Bertz CT molecular complexity index is 1060. The summed E-state index contributed by atoms with van der Waals surface area (Å²) in [6.07, 6.45) is 0. The number of amides is 2. The van der Waals surface area contributed by atoms with Gasteiger partial charge in [0.1, 0.15) is 5.82 Å². The monoisotopic (exact) mass is 378 g/mol. The van der Waals surface area contributed by atoms with E-state index >= 15 is 0 Å². The Morgan fingerprint density at radius 2 is 1.93 bits per heavy atom. The summed E-state index contributed by atoms with van der Waals surface area (Å²) in [5.74, 6) is 0.762.